The fraction of sp³-hybridized carbons (Fsp3) is 1.00. The van der Waals surface area contributed by atoms with Crippen LogP contribution in [0.15, 0.2) is 0 Å². The third-order valence-corrected chi connectivity index (χ3v) is 4.54. The highest BCUT2D eigenvalue weighted by Gasteiger charge is 2.22. The van der Waals surface area contributed by atoms with Gasteiger partial charge in [-0.1, -0.05) is 26.7 Å². The van der Waals surface area contributed by atoms with E-state index < -0.39 is 0 Å². The zero-order valence-electron chi connectivity index (χ0n) is 13.0. The molecule has 2 saturated carbocycles. The lowest BCUT2D eigenvalue weighted by molar-refractivity contribution is 0.120. The maximum Gasteiger partial charge on any atom is 0.0494 e. The molecule has 0 spiro atoms. The number of nitrogens with one attached hydrogen (secondary N) is 1. The monoisotopic (exact) mass is 267 g/mol. The molecule has 0 aromatic heterocycles. The lowest BCUT2D eigenvalue weighted by Gasteiger charge is -2.31. The van der Waals surface area contributed by atoms with E-state index in [1.54, 1.807) is 0 Å². The van der Waals surface area contributed by atoms with Crippen LogP contribution in [-0.2, 0) is 4.74 Å². The van der Waals surface area contributed by atoms with Crippen LogP contribution in [-0.4, -0.2) is 25.8 Å². The first-order valence-electron chi connectivity index (χ1n) is 8.55. The molecule has 2 unspecified atom stereocenters. The van der Waals surface area contributed by atoms with Crippen LogP contribution in [0.5, 0.6) is 0 Å². The summed E-state index contributed by atoms with van der Waals surface area (Å²) in [6.07, 6.45) is 11.1. The Bertz CT molecular complexity index is 237. The molecule has 0 amide bonds. The fourth-order valence-electron chi connectivity index (χ4n) is 3.37. The lowest BCUT2D eigenvalue weighted by Crippen LogP contribution is -2.35. The van der Waals surface area contributed by atoms with Crippen LogP contribution >= 0.6 is 0 Å². The molecule has 0 heterocycles. The highest BCUT2D eigenvalue weighted by molar-refractivity contribution is 4.78. The summed E-state index contributed by atoms with van der Waals surface area (Å²) < 4.78 is 5.68. The fourth-order valence-corrected chi connectivity index (χ4v) is 3.37. The van der Waals surface area contributed by atoms with Gasteiger partial charge in [0.2, 0.25) is 0 Å². The minimum atomic E-state index is 0.779. The molecule has 0 aliphatic heterocycles. The van der Waals surface area contributed by atoms with Crippen LogP contribution in [0, 0.1) is 17.8 Å². The Morgan fingerprint density at radius 2 is 1.95 bits per heavy atom. The summed E-state index contributed by atoms with van der Waals surface area (Å²) in [5, 5.41) is 3.75. The normalized spacial score (nSPS) is 27.9. The molecule has 19 heavy (non-hydrogen) atoms. The van der Waals surface area contributed by atoms with Gasteiger partial charge in [0.1, 0.15) is 0 Å². The van der Waals surface area contributed by atoms with Gasteiger partial charge in [-0.2, -0.15) is 0 Å². The van der Waals surface area contributed by atoms with Gasteiger partial charge in [-0.3, -0.25) is 0 Å². The summed E-state index contributed by atoms with van der Waals surface area (Å²) >= 11 is 0. The quantitative estimate of drug-likeness (QED) is 0.638. The molecule has 2 nitrogen and oxygen atoms in total. The Morgan fingerprint density at radius 3 is 2.68 bits per heavy atom. The van der Waals surface area contributed by atoms with Crippen molar-refractivity contribution < 1.29 is 4.74 Å². The minimum Gasteiger partial charge on any atom is -0.381 e. The Labute approximate surface area is 119 Å². The van der Waals surface area contributed by atoms with E-state index in [9.17, 15) is 0 Å². The van der Waals surface area contributed by atoms with E-state index in [1.807, 2.05) is 0 Å². The number of ether oxygens (including phenoxy) is 1. The van der Waals surface area contributed by atoms with Crippen LogP contribution in [0.2, 0.25) is 0 Å². The second kappa shape index (κ2) is 8.26. The van der Waals surface area contributed by atoms with Gasteiger partial charge in [-0.15, -0.1) is 0 Å². The Kier molecular flexibility index (Phi) is 6.66. The molecule has 0 bridgehead atoms. The van der Waals surface area contributed by atoms with Crippen molar-refractivity contribution in [1.82, 2.24) is 5.32 Å². The summed E-state index contributed by atoms with van der Waals surface area (Å²) in [6.45, 7) is 7.82. The maximum atomic E-state index is 5.68. The highest BCUT2D eigenvalue weighted by Crippen LogP contribution is 2.29. The summed E-state index contributed by atoms with van der Waals surface area (Å²) in [6, 6.07) is 0.779. The SMILES string of the molecule is CC(C)CC1CCCC(NCCCOCC2CC2)C1. The topological polar surface area (TPSA) is 21.3 Å². The molecule has 2 fully saturated rings. The highest BCUT2D eigenvalue weighted by atomic mass is 16.5. The largest absolute Gasteiger partial charge is 0.381 e. The molecule has 0 aromatic rings. The van der Waals surface area contributed by atoms with E-state index in [1.165, 1.54) is 51.4 Å². The first-order chi connectivity index (χ1) is 9.24. The zero-order chi connectivity index (χ0) is 13.5. The van der Waals surface area contributed by atoms with Crippen molar-refractivity contribution in [3.63, 3.8) is 0 Å². The van der Waals surface area contributed by atoms with Crippen LogP contribution in [0.3, 0.4) is 0 Å². The van der Waals surface area contributed by atoms with E-state index >= 15 is 0 Å². The second-order valence-electron chi connectivity index (χ2n) is 7.19. The van der Waals surface area contributed by atoms with Crippen molar-refractivity contribution in [3.05, 3.63) is 0 Å². The predicted molar refractivity (Wildman–Crippen MR) is 81.4 cm³/mol. The number of rotatable bonds is 9. The van der Waals surface area contributed by atoms with Crippen molar-refractivity contribution in [2.24, 2.45) is 17.8 Å². The minimum absolute atomic E-state index is 0.779. The van der Waals surface area contributed by atoms with Gasteiger partial charge in [0.25, 0.3) is 0 Å². The maximum absolute atomic E-state index is 5.68. The Morgan fingerprint density at radius 1 is 1.11 bits per heavy atom. The van der Waals surface area contributed by atoms with Crippen LogP contribution < -0.4 is 5.32 Å². The smallest absolute Gasteiger partial charge is 0.0494 e. The third kappa shape index (κ3) is 6.76. The molecule has 0 saturated heterocycles. The van der Waals surface area contributed by atoms with E-state index in [4.69, 9.17) is 4.74 Å². The van der Waals surface area contributed by atoms with Crippen LogP contribution in [0.1, 0.15) is 65.2 Å². The van der Waals surface area contributed by atoms with E-state index in [0.717, 1.165) is 43.6 Å². The molecule has 2 aliphatic rings. The molecule has 2 atom stereocenters. The summed E-state index contributed by atoms with van der Waals surface area (Å²) in [5.74, 6) is 2.74. The average molecular weight is 267 g/mol. The van der Waals surface area contributed by atoms with Crippen molar-refractivity contribution in [2.75, 3.05) is 19.8 Å². The van der Waals surface area contributed by atoms with Gasteiger partial charge in [0, 0.05) is 19.3 Å². The first-order valence-corrected chi connectivity index (χ1v) is 8.55. The van der Waals surface area contributed by atoms with Gasteiger partial charge in [-0.05, 0) is 62.8 Å². The molecule has 2 heteroatoms. The summed E-state index contributed by atoms with van der Waals surface area (Å²) in [7, 11) is 0. The standard InChI is InChI=1S/C17H33NO/c1-14(2)11-16-5-3-6-17(12-16)18-9-4-10-19-13-15-7-8-15/h14-18H,3-13H2,1-2H3. The van der Waals surface area contributed by atoms with Crippen LogP contribution in [0.25, 0.3) is 0 Å². The molecule has 2 aliphatic carbocycles. The zero-order valence-corrected chi connectivity index (χ0v) is 13.0. The molecular formula is C17H33NO. The second-order valence-corrected chi connectivity index (χ2v) is 7.19. The van der Waals surface area contributed by atoms with Crippen LogP contribution in [0.4, 0.5) is 0 Å². The van der Waals surface area contributed by atoms with Gasteiger partial charge < -0.3 is 10.1 Å². The molecule has 1 N–H and O–H groups in total. The van der Waals surface area contributed by atoms with Crippen molar-refractivity contribution in [3.8, 4) is 0 Å². The summed E-state index contributed by atoms with van der Waals surface area (Å²) in [5.41, 5.74) is 0. The van der Waals surface area contributed by atoms with Gasteiger partial charge in [0.15, 0.2) is 0 Å². The average Bonchev–Trinajstić information content (AvgIpc) is 3.17. The van der Waals surface area contributed by atoms with Crippen molar-refractivity contribution >= 4 is 0 Å². The van der Waals surface area contributed by atoms with E-state index in [2.05, 4.69) is 19.2 Å². The molecular weight excluding hydrogens is 234 g/mol. The van der Waals surface area contributed by atoms with Gasteiger partial charge in [0.05, 0.1) is 0 Å². The molecule has 0 radical (unpaired) electrons. The van der Waals surface area contributed by atoms with Crippen molar-refractivity contribution in [1.29, 1.82) is 0 Å². The van der Waals surface area contributed by atoms with E-state index in [0.29, 0.717) is 0 Å². The van der Waals surface area contributed by atoms with E-state index in [-0.39, 0.29) is 0 Å². The summed E-state index contributed by atoms with van der Waals surface area (Å²) in [4.78, 5) is 0. The van der Waals surface area contributed by atoms with Gasteiger partial charge in [-0.25, -0.2) is 0 Å². The first kappa shape index (κ1) is 15.3. The third-order valence-electron chi connectivity index (χ3n) is 4.54. The van der Waals surface area contributed by atoms with Gasteiger partial charge >= 0.3 is 0 Å². The predicted octanol–water partition coefficient (Wildman–Crippen LogP) is 4.00. The molecule has 0 aromatic carbocycles. The molecule has 2 rings (SSSR count). The Balaban J connectivity index is 1.47. The number of hydrogen-bond donors (Lipinski definition) is 1. The Hall–Kier alpha value is -0.0800. The number of hydrogen-bond acceptors (Lipinski definition) is 2. The van der Waals surface area contributed by atoms with Crippen molar-refractivity contribution in [2.45, 2.75) is 71.3 Å². The lowest BCUT2D eigenvalue weighted by atomic mass is 9.81. The molecule has 112 valence electrons.